The SMILES string of the molecule is CCCC[C@H](NC(C)=O)C(=O)N[C@@H](C)C(=O)N[C@@H](Cc1cnc[nH]1)C(=O)N[C@H](Cc1ccccc1)C(=O)C[C@@H](CCCN=C(N)N)C(=O)N[C@@H](C)C(=O)C[C@H](Cc1c[nH]c2ccccc12)C(N)=O. The number of unbranched alkanes of at least 4 members (excludes halogenated alkanes) is 1. The minimum atomic E-state index is -1.27. The van der Waals surface area contributed by atoms with Crippen LogP contribution >= 0.6 is 0 Å². The van der Waals surface area contributed by atoms with Crippen molar-refractivity contribution in [2.24, 2.45) is 34.0 Å². The second-order valence-electron chi connectivity index (χ2n) is 17.1. The molecule has 0 aliphatic carbocycles. The number of imidazole rings is 1. The normalized spacial score (nSPS) is 14.2. The Morgan fingerprint density at radius 2 is 1.32 bits per heavy atom. The van der Waals surface area contributed by atoms with Gasteiger partial charge in [0, 0.05) is 73.6 Å². The number of carbonyl (C=O) groups is 8. The molecule has 0 aliphatic rings. The molecule has 366 valence electrons. The van der Waals surface area contributed by atoms with Crippen molar-refractivity contribution < 1.29 is 38.4 Å². The molecule has 20 heteroatoms. The van der Waals surface area contributed by atoms with Gasteiger partial charge in [-0.15, -0.1) is 0 Å². The van der Waals surface area contributed by atoms with E-state index in [2.05, 4.69) is 46.5 Å². The molecule has 0 saturated heterocycles. The van der Waals surface area contributed by atoms with E-state index in [4.69, 9.17) is 17.2 Å². The molecule has 0 bridgehead atoms. The van der Waals surface area contributed by atoms with Crippen molar-refractivity contribution in [3.8, 4) is 0 Å². The number of Topliss-reactive ketones (excluding diaryl/α,β-unsaturated/α-hetero) is 2. The number of guanidine groups is 1. The Hall–Kier alpha value is -7.38. The highest BCUT2D eigenvalue weighted by Gasteiger charge is 2.33. The van der Waals surface area contributed by atoms with Gasteiger partial charge in [-0.2, -0.15) is 0 Å². The van der Waals surface area contributed by atoms with Crippen LogP contribution in [0.1, 0.15) is 89.5 Å². The van der Waals surface area contributed by atoms with Gasteiger partial charge in [0.2, 0.25) is 35.4 Å². The molecule has 2 aromatic heterocycles. The van der Waals surface area contributed by atoms with Crippen LogP contribution < -0.4 is 43.8 Å². The number of H-pyrrole nitrogens is 2. The van der Waals surface area contributed by atoms with Gasteiger partial charge in [-0.05, 0) is 63.1 Å². The minimum Gasteiger partial charge on any atom is -0.370 e. The van der Waals surface area contributed by atoms with Crippen LogP contribution in [-0.4, -0.2) is 105 Å². The largest absolute Gasteiger partial charge is 0.370 e. The van der Waals surface area contributed by atoms with Crippen molar-refractivity contribution >= 4 is 63.9 Å². The minimum absolute atomic E-state index is 0.0209. The highest BCUT2D eigenvalue weighted by atomic mass is 16.2. The van der Waals surface area contributed by atoms with E-state index in [9.17, 15) is 38.4 Å². The van der Waals surface area contributed by atoms with Gasteiger partial charge in [0.1, 0.15) is 18.1 Å². The molecule has 20 nitrogen and oxygen atoms in total. The topological polar surface area (TPSA) is 332 Å². The molecular formula is C48H66N12O8. The summed E-state index contributed by atoms with van der Waals surface area (Å²) in [4.78, 5) is 122. The number of para-hydroxylation sites is 1. The summed E-state index contributed by atoms with van der Waals surface area (Å²) >= 11 is 0. The van der Waals surface area contributed by atoms with E-state index in [-0.39, 0.29) is 57.5 Å². The summed E-state index contributed by atoms with van der Waals surface area (Å²) in [6.45, 7) is 6.32. The summed E-state index contributed by atoms with van der Waals surface area (Å²) in [5.74, 6) is -6.66. The molecular weight excluding hydrogens is 873 g/mol. The van der Waals surface area contributed by atoms with Crippen molar-refractivity contribution in [3.63, 3.8) is 0 Å². The Balaban J connectivity index is 1.53. The van der Waals surface area contributed by atoms with Crippen LogP contribution in [-0.2, 0) is 57.6 Å². The monoisotopic (exact) mass is 939 g/mol. The quantitative estimate of drug-likeness (QED) is 0.0210. The number of aromatic amines is 2. The third-order valence-corrected chi connectivity index (χ3v) is 11.5. The number of aromatic nitrogens is 3. The Morgan fingerprint density at radius 3 is 1.99 bits per heavy atom. The smallest absolute Gasteiger partial charge is 0.243 e. The average Bonchev–Trinajstić information content (AvgIpc) is 3.98. The third-order valence-electron chi connectivity index (χ3n) is 11.5. The zero-order valence-corrected chi connectivity index (χ0v) is 39.1. The molecule has 0 spiro atoms. The number of fused-ring (bicyclic) bond motifs is 1. The number of rotatable bonds is 29. The fraction of sp³-hybridized carbons (Fsp3) is 0.458. The first-order chi connectivity index (χ1) is 32.4. The van der Waals surface area contributed by atoms with Crippen molar-refractivity contribution in [2.75, 3.05) is 6.54 Å². The van der Waals surface area contributed by atoms with Crippen molar-refractivity contribution in [3.05, 3.63) is 90.1 Å². The molecule has 68 heavy (non-hydrogen) atoms. The van der Waals surface area contributed by atoms with E-state index in [1.807, 2.05) is 31.2 Å². The van der Waals surface area contributed by atoms with E-state index in [0.717, 1.165) is 22.9 Å². The summed E-state index contributed by atoms with van der Waals surface area (Å²) in [7, 11) is 0. The molecule has 4 aromatic rings. The number of ketones is 2. The van der Waals surface area contributed by atoms with E-state index < -0.39 is 89.1 Å². The molecule has 6 amide bonds. The average molecular weight is 939 g/mol. The van der Waals surface area contributed by atoms with E-state index in [1.165, 1.54) is 33.3 Å². The number of carbonyl (C=O) groups excluding carboxylic acids is 8. The van der Waals surface area contributed by atoms with Crippen LogP contribution in [0.15, 0.2) is 78.3 Å². The summed E-state index contributed by atoms with van der Waals surface area (Å²) in [5, 5.41) is 14.4. The van der Waals surface area contributed by atoms with Crippen LogP contribution in [0.3, 0.4) is 0 Å². The molecule has 0 radical (unpaired) electrons. The highest BCUT2D eigenvalue weighted by Crippen LogP contribution is 2.23. The first kappa shape index (κ1) is 53.2. The van der Waals surface area contributed by atoms with Gasteiger partial charge in [-0.3, -0.25) is 43.3 Å². The zero-order chi connectivity index (χ0) is 49.8. The van der Waals surface area contributed by atoms with Crippen LogP contribution in [0.2, 0.25) is 0 Å². The van der Waals surface area contributed by atoms with Crippen molar-refractivity contribution in [2.45, 2.75) is 122 Å². The molecule has 0 aliphatic heterocycles. The summed E-state index contributed by atoms with van der Waals surface area (Å²) in [6.07, 6.45) is 6.38. The fourth-order valence-electron chi connectivity index (χ4n) is 7.72. The molecule has 4 rings (SSSR count). The molecule has 0 fully saturated rings. The Bertz CT molecular complexity index is 2360. The molecule has 0 unspecified atom stereocenters. The van der Waals surface area contributed by atoms with Crippen molar-refractivity contribution in [1.82, 2.24) is 41.5 Å². The third kappa shape index (κ3) is 17.1. The summed E-state index contributed by atoms with van der Waals surface area (Å²) in [5.41, 5.74) is 19.7. The van der Waals surface area contributed by atoms with Gasteiger partial charge in [0.15, 0.2) is 17.5 Å². The number of amides is 6. The maximum atomic E-state index is 14.5. The number of nitrogens with two attached hydrogens (primary N) is 3. The number of nitrogens with zero attached hydrogens (tertiary/aromatic N) is 2. The molecule has 2 heterocycles. The number of hydrogen-bond donors (Lipinski definition) is 10. The number of aliphatic imine (C=N–C) groups is 1. The van der Waals surface area contributed by atoms with Gasteiger partial charge >= 0.3 is 0 Å². The Kier molecular flexibility index (Phi) is 20.9. The van der Waals surface area contributed by atoms with E-state index in [1.54, 1.807) is 36.5 Å². The number of benzene rings is 2. The maximum absolute atomic E-state index is 14.5. The van der Waals surface area contributed by atoms with Crippen molar-refractivity contribution in [1.29, 1.82) is 0 Å². The van der Waals surface area contributed by atoms with Gasteiger partial charge in [0.25, 0.3) is 0 Å². The number of nitrogens with one attached hydrogen (secondary N) is 7. The standard InChI is InChI=1S/C48H66N12O8/c1-5-6-17-38(58-30(4)61)46(67)57-29(3)44(65)60-40(24-35-26-52-27-55-35)47(68)59-39(20-31-13-8-7-9-14-31)42(63)22-32(15-12-19-53-48(50)51)45(66)56-28(2)41(62)23-33(43(49)64)21-34-25-54-37-18-11-10-16-36(34)37/h7-11,13-14,16,18,25-29,32-33,38-40,54H,5-6,12,15,17,19-24H2,1-4H3,(H2,49,64)(H,52,55)(H,56,66)(H,57,67)(H,58,61)(H,59,68)(H,60,65)(H4,50,51,53)/t28-,29-,32+,33-,38-,39+,40-/m0/s1. The number of primary amides is 1. The van der Waals surface area contributed by atoms with Gasteiger partial charge < -0.3 is 53.8 Å². The van der Waals surface area contributed by atoms with Gasteiger partial charge in [-0.25, -0.2) is 4.98 Å². The predicted octanol–water partition coefficient (Wildman–Crippen LogP) is 1.28. The lowest BCUT2D eigenvalue weighted by Crippen LogP contribution is -2.57. The van der Waals surface area contributed by atoms with Crippen LogP contribution in [0.4, 0.5) is 0 Å². The Morgan fingerprint density at radius 1 is 0.662 bits per heavy atom. The lowest BCUT2D eigenvalue weighted by atomic mass is 9.89. The lowest BCUT2D eigenvalue weighted by Gasteiger charge is -2.26. The predicted molar refractivity (Wildman–Crippen MR) is 256 cm³/mol. The van der Waals surface area contributed by atoms with Gasteiger partial charge in [0.05, 0.1) is 18.4 Å². The summed E-state index contributed by atoms with van der Waals surface area (Å²) < 4.78 is 0. The first-order valence-corrected chi connectivity index (χ1v) is 22.9. The second-order valence-corrected chi connectivity index (χ2v) is 17.1. The second kappa shape index (κ2) is 26.7. The van der Waals surface area contributed by atoms with Crippen LogP contribution in [0.25, 0.3) is 10.9 Å². The number of hydrogen-bond acceptors (Lipinski definition) is 10. The molecule has 13 N–H and O–H groups in total. The van der Waals surface area contributed by atoms with Crippen LogP contribution in [0.5, 0.6) is 0 Å². The highest BCUT2D eigenvalue weighted by molar-refractivity contribution is 5.98. The fourth-order valence-corrected chi connectivity index (χ4v) is 7.72. The van der Waals surface area contributed by atoms with E-state index >= 15 is 0 Å². The first-order valence-electron chi connectivity index (χ1n) is 22.9. The van der Waals surface area contributed by atoms with Crippen LogP contribution in [0, 0.1) is 11.8 Å². The lowest BCUT2D eigenvalue weighted by molar-refractivity contribution is -0.135. The molecule has 2 aromatic carbocycles. The van der Waals surface area contributed by atoms with Gasteiger partial charge in [-0.1, -0.05) is 68.3 Å². The molecule has 7 atom stereocenters. The zero-order valence-electron chi connectivity index (χ0n) is 39.1. The van der Waals surface area contributed by atoms with E-state index in [0.29, 0.717) is 24.1 Å². The molecule has 0 saturated carbocycles. The maximum Gasteiger partial charge on any atom is 0.243 e. The Labute approximate surface area is 395 Å². The summed E-state index contributed by atoms with van der Waals surface area (Å²) in [6, 6.07) is 10.9.